The molecular weight excluding hydrogens is 434 g/mol. The van der Waals surface area contributed by atoms with E-state index >= 15 is 0 Å². The molecule has 7 rings (SSSR count). The molecule has 0 spiro atoms. The Balaban J connectivity index is 1.40. The van der Waals surface area contributed by atoms with Gasteiger partial charge in [-0.15, -0.1) is 0 Å². The van der Waals surface area contributed by atoms with Gasteiger partial charge in [0.05, 0.1) is 11.2 Å². The van der Waals surface area contributed by atoms with Crippen molar-refractivity contribution in [1.29, 1.82) is 0 Å². The van der Waals surface area contributed by atoms with Crippen LogP contribution in [0.5, 0.6) is 0 Å². The highest BCUT2D eigenvalue weighted by molar-refractivity contribution is 6.14. The van der Waals surface area contributed by atoms with Crippen LogP contribution in [0.3, 0.4) is 0 Å². The first-order valence-corrected chi connectivity index (χ1v) is 12.7. The van der Waals surface area contributed by atoms with Gasteiger partial charge >= 0.3 is 0 Å². The van der Waals surface area contributed by atoms with Crippen LogP contribution in [0.1, 0.15) is 25.7 Å². The topological polar surface area (TPSA) is 80.2 Å². The molecule has 35 heavy (non-hydrogen) atoms. The molecule has 5 aromatic rings. The summed E-state index contributed by atoms with van der Waals surface area (Å²) in [6.45, 7) is 2.79. The summed E-state index contributed by atoms with van der Waals surface area (Å²) in [6, 6.07) is 19.1. The molecule has 176 valence electrons. The summed E-state index contributed by atoms with van der Waals surface area (Å²) >= 11 is 0. The fourth-order valence-corrected chi connectivity index (χ4v) is 5.35. The van der Waals surface area contributed by atoms with Gasteiger partial charge in [-0.25, -0.2) is 9.97 Å². The van der Waals surface area contributed by atoms with Crippen LogP contribution >= 0.6 is 0 Å². The Bertz CT molecular complexity index is 1550. The van der Waals surface area contributed by atoms with Crippen molar-refractivity contribution < 1.29 is 4.42 Å². The second-order valence-electron chi connectivity index (χ2n) is 10.1. The summed E-state index contributed by atoms with van der Waals surface area (Å²) in [6.07, 6.45) is 6.67. The monoisotopic (exact) mass is 463 g/mol. The molecule has 1 aliphatic heterocycles. The van der Waals surface area contributed by atoms with Crippen molar-refractivity contribution in [1.82, 2.24) is 9.97 Å². The number of para-hydroxylation sites is 1. The van der Waals surface area contributed by atoms with Gasteiger partial charge in [-0.1, -0.05) is 18.2 Å². The van der Waals surface area contributed by atoms with Crippen LogP contribution in [0.15, 0.2) is 65.2 Å². The maximum Gasteiger partial charge on any atom is 0.177 e. The van der Waals surface area contributed by atoms with E-state index in [0.29, 0.717) is 0 Å². The van der Waals surface area contributed by atoms with Gasteiger partial charge in [-0.2, -0.15) is 0 Å². The molecule has 2 aliphatic rings. The number of hydrogen-bond acceptors (Lipinski definition) is 6. The number of furan rings is 1. The van der Waals surface area contributed by atoms with Crippen molar-refractivity contribution >= 4 is 44.5 Å². The van der Waals surface area contributed by atoms with Crippen molar-refractivity contribution in [3.8, 4) is 11.1 Å². The molecule has 1 aliphatic carbocycles. The predicted molar refractivity (Wildman–Crippen MR) is 143 cm³/mol. The molecule has 3 N–H and O–H groups in total. The van der Waals surface area contributed by atoms with Crippen LogP contribution in [0.25, 0.3) is 44.1 Å². The smallest absolute Gasteiger partial charge is 0.177 e. The quantitative estimate of drug-likeness (QED) is 0.335. The molecule has 4 heterocycles. The standard InChI is InChI=1S/C29H29N5O/c30-21-4-3-13-34(17-21)28-23-14-19(20-11-12-31-26(15-20)32-16-18-7-8-18)9-10-24(23)33-27-22-5-1-2-6-25(22)35-29(27)28/h1-2,5-6,9-12,14-15,18,21H,3-4,7-8,13,16-17,30H2,(H,31,32). The van der Waals surface area contributed by atoms with Crippen LogP contribution in [0.2, 0.25) is 0 Å². The molecule has 1 saturated carbocycles. The van der Waals surface area contributed by atoms with E-state index in [-0.39, 0.29) is 6.04 Å². The third-order valence-electron chi connectivity index (χ3n) is 7.40. The minimum atomic E-state index is 0.162. The van der Waals surface area contributed by atoms with Crippen LogP contribution in [-0.4, -0.2) is 35.6 Å². The molecule has 6 nitrogen and oxygen atoms in total. The van der Waals surface area contributed by atoms with Gasteiger partial charge < -0.3 is 20.4 Å². The lowest BCUT2D eigenvalue weighted by atomic mass is 10.0. The Kier molecular flexibility index (Phi) is 4.87. The Labute approximate surface area is 204 Å². The Morgan fingerprint density at radius 3 is 2.77 bits per heavy atom. The zero-order valence-corrected chi connectivity index (χ0v) is 19.7. The summed E-state index contributed by atoms with van der Waals surface area (Å²) in [5.74, 6) is 1.74. The number of hydrogen-bond donors (Lipinski definition) is 2. The highest BCUT2D eigenvalue weighted by Gasteiger charge is 2.25. The number of rotatable bonds is 5. The van der Waals surface area contributed by atoms with E-state index in [1.165, 1.54) is 12.8 Å². The SMILES string of the molecule is NC1CCCN(c2c3cc(-c4ccnc(NCC5CC5)c4)ccc3nc3c2oc2ccccc23)C1. The second-order valence-corrected chi connectivity index (χ2v) is 10.1. The lowest BCUT2D eigenvalue weighted by molar-refractivity contribution is 0.506. The van der Waals surface area contributed by atoms with Gasteiger partial charge in [-0.3, -0.25) is 0 Å². The number of fused-ring (bicyclic) bond motifs is 4. The van der Waals surface area contributed by atoms with E-state index in [4.69, 9.17) is 15.1 Å². The van der Waals surface area contributed by atoms with E-state index in [0.717, 1.165) is 94.0 Å². The Hall–Kier alpha value is -3.64. The number of benzene rings is 2. The van der Waals surface area contributed by atoms with E-state index in [1.54, 1.807) is 0 Å². The van der Waals surface area contributed by atoms with E-state index in [1.807, 2.05) is 24.4 Å². The molecule has 0 amide bonds. The van der Waals surface area contributed by atoms with Crippen molar-refractivity contribution in [2.75, 3.05) is 29.9 Å². The number of nitrogens with two attached hydrogens (primary N) is 1. The van der Waals surface area contributed by atoms with Gasteiger partial charge in [0, 0.05) is 42.6 Å². The first kappa shape index (κ1) is 20.7. The average Bonchev–Trinajstić information content (AvgIpc) is 3.65. The minimum absolute atomic E-state index is 0.162. The third-order valence-corrected chi connectivity index (χ3v) is 7.40. The maximum absolute atomic E-state index is 6.44. The molecule has 1 unspecified atom stereocenters. The average molecular weight is 464 g/mol. The second kappa shape index (κ2) is 8.24. The highest BCUT2D eigenvalue weighted by Crippen LogP contribution is 2.41. The molecule has 1 atom stereocenters. The fourth-order valence-electron chi connectivity index (χ4n) is 5.35. The number of pyridine rings is 2. The van der Waals surface area contributed by atoms with Gasteiger partial charge in [0.25, 0.3) is 0 Å². The third kappa shape index (κ3) is 3.78. The largest absolute Gasteiger partial charge is 0.452 e. The summed E-state index contributed by atoms with van der Waals surface area (Å²) in [5.41, 5.74) is 13.4. The lowest BCUT2D eigenvalue weighted by Crippen LogP contribution is -2.43. The van der Waals surface area contributed by atoms with E-state index < -0.39 is 0 Å². The first-order chi connectivity index (χ1) is 17.2. The molecule has 0 radical (unpaired) electrons. The van der Waals surface area contributed by atoms with Crippen molar-refractivity contribution in [2.24, 2.45) is 11.7 Å². The zero-order chi connectivity index (χ0) is 23.4. The first-order valence-electron chi connectivity index (χ1n) is 12.7. The molecular formula is C29H29N5O. The number of anilines is 2. The number of nitrogens with one attached hydrogen (secondary N) is 1. The number of piperidine rings is 1. The van der Waals surface area contributed by atoms with Crippen LogP contribution in [0.4, 0.5) is 11.5 Å². The Morgan fingerprint density at radius 1 is 1.00 bits per heavy atom. The summed E-state index contributed by atoms with van der Waals surface area (Å²) < 4.78 is 6.44. The van der Waals surface area contributed by atoms with Crippen LogP contribution < -0.4 is 16.0 Å². The van der Waals surface area contributed by atoms with Crippen LogP contribution in [-0.2, 0) is 0 Å². The van der Waals surface area contributed by atoms with E-state index in [9.17, 15) is 0 Å². The van der Waals surface area contributed by atoms with E-state index in [2.05, 4.69) is 51.6 Å². The van der Waals surface area contributed by atoms with Gasteiger partial charge in [-0.05, 0) is 79.1 Å². The summed E-state index contributed by atoms with van der Waals surface area (Å²) in [5, 5.41) is 5.66. The zero-order valence-electron chi connectivity index (χ0n) is 19.7. The van der Waals surface area contributed by atoms with Crippen molar-refractivity contribution in [2.45, 2.75) is 31.7 Å². The molecule has 1 saturated heterocycles. The molecule has 0 bridgehead atoms. The summed E-state index contributed by atoms with van der Waals surface area (Å²) in [4.78, 5) is 12.0. The molecule has 6 heteroatoms. The molecule has 2 fully saturated rings. The maximum atomic E-state index is 6.44. The normalized spacial score (nSPS) is 18.5. The van der Waals surface area contributed by atoms with Gasteiger partial charge in [0.1, 0.15) is 16.9 Å². The van der Waals surface area contributed by atoms with Crippen molar-refractivity contribution in [3.05, 3.63) is 60.8 Å². The molecule has 2 aromatic carbocycles. The Morgan fingerprint density at radius 2 is 1.89 bits per heavy atom. The summed E-state index contributed by atoms with van der Waals surface area (Å²) in [7, 11) is 0. The lowest BCUT2D eigenvalue weighted by Gasteiger charge is -2.33. The van der Waals surface area contributed by atoms with Crippen molar-refractivity contribution in [3.63, 3.8) is 0 Å². The predicted octanol–water partition coefficient (Wildman–Crippen LogP) is 5.95. The molecule has 3 aromatic heterocycles. The number of nitrogens with zero attached hydrogens (tertiary/aromatic N) is 3. The minimum Gasteiger partial charge on any atom is -0.452 e. The van der Waals surface area contributed by atoms with Crippen LogP contribution in [0, 0.1) is 5.92 Å². The van der Waals surface area contributed by atoms with Gasteiger partial charge in [0.15, 0.2) is 5.58 Å². The number of aromatic nitrogens is 2. The highest BCUT2D eigenvalue weighted by atomic mass is 16.3. The van der Waals surface area contributed by atoms with Gasteiger partial charge in [0.2, 0.25) is 0 Å². The fraction of sp³-hybridized carbons (Fsp3) is 0.310.